The fourth-order valence-electron chi connectivity index (χ4n) is 3.18. The molecular formula is C16H16N2O4. The highest BCUT2D eigenvalue weighted by Crippen LogP contribution is 2.41. The third-order valence-electron chi connectivity index (χ3n) is 4.13. The second kappa shape index (κ2) is 5.29. The van der Waals surface area contributed by atoms with E-state index in [9.17, 15) is 14.4 Å². The highest BCUT2D eigenvalue weighted by Gasteiger charge is 2.46. The summed E-state index contributed by atoms with van der Waals surface area (Å²) in [5.41, 5.74) is 7.71. The van der Waals surface area contributed by atoms with Gasteiger partial charge in [0.15, 0.2) is 0 Å². The number of imide groups is 1. The van der Waals surface area contributed by atoms with Gasteiger partial charge in [-0.15, -0.1) is 0 Å². The minimum atomic E-state index is -0.943. The molecule has 1 aliphatic heterocycles. The Morgan fingerprint density at radius 3 is 2.82 bits per heavy atom. The predicted octanol–water partition coefficient (Wildman–Crippen LogP) is 0.731. The van der Waals surface area contributed by atoms with E-state index < -0.39 is 11.9 Å². The molecule has 3 N–H and O–H groups in total. The number of likely N-dealkylation sites (tertiary alicyclic amines) is 1. The molecule has 0 radical (unpaired) electrons. The molecule has 2 atom stereocenters. The van der Waals surface area contributed by atoms with Crippen molar-refractivity contribution >= 4 is 17.8 Å². The zero-order valence-electron chi connectivity index (χ0n) is 11.9. The highest BCUT2D eigenvalue weighted by atomic mass is 16.4. The van der Waals surface area contributed by atoms with E-state index in [1.807, 2.05) is 6.08 Å². The van der Waals surface area contributed by atoms with Gasteiger partial charge in [-0.2, -0.15) is 0 Å². The van der Waals surface area contributed by atoms with Crippen molar-refractivity contribution in [2.75, 3.05) is 6.54 Å². The van der Waals surface area contributed by atoms with Gasteiger partial charge >= 0.3 is 5.97 Å². The van der Waals surface area contributed by atoms with Crippen LogP contribution in [0.15, 0.2) is 47.2 Å². The number of carboxylic acid groups (broad SMARTS) is 1. The maximum atomic E-state index is 12.6. The SMILES string of the molecule is NC1=CC2=CC=CC3C(=O)N(CCCC(=O)O)C(=O)C(=C1)C23. The molecule has 0 aromatic heterocycles. The Kier molecular flexibility index (Phi) is 3.44. The molecule has 0 saturated carbocycles. The van der Waals surface area contributed by atoms with Crippen molar-refractivity contribution in [2.45, 2.75) is 12.8 Å². The summed E-state index contributed by atoms with van der Waals surface area (Å²) in [5, 5.41) is 8.70. The minimum absolute atomic E-state index is 0.0762. The number of piperidine rings is 1. The molecule has 0 aromatic rings. The van der Waals surface area contributed by atoms with Gasteiger partial charge in [0, 0.05) is 30.2 Å². The van der Waals surface area contributed by atoms with E-state index in [1.165, 1.54) is 0 Å². The van der Waals surface area contributed by atoms with Crippen LogP contribution in [-0.2, 0) is 14.4 Å². The summed E-state index contributed by atoms with van der Waals surface area (Å²) in [6.07, 6.45) is 9.02. The number of nitrogens with two attached hydrogens (primary N) is 1. The summed E-state index contributed by atoms with van der Waals surface area (Å²) >= 11 is 0. The lowest BCUT2D eigenvalue weighted by atomic mass is 9.71. The maximum absolute atomic E-state index is 12.6. The molecule has 3 rings (SSSR count). The molecule has 2 aliphatic carbocycles. The van der Waals surface area contributed by atoms with Crippen molar-refractivity contribution in [3.05, 3.63) is 47.2 Å². The Morgan fingerprint density at radius 2 is 2.09 bits per heavy atom. The quantitative estimate of drug-likeness (QED) is 0.745. The van der Waals surface area contributed by atoms with Crippen molar-refractivity contribution in [1.29, 1.82) is 0 Å². The molecule has 2 amide bonds. The van der Waals surface area contributed by atoms with Crippen LogP contribution in [0, 0.1) is 11.8 Å². The fraction of sp³-hybridized carbons (Fsp3) is 0.312. The van der Waals surface area contributed by atoms with Gasteiger partial charge in [0.2, 0.25) is 5.91 Å². The molecular weight excluding hydrogens is 284 g/mol. The van der Waals surface area contributed by atoms with Gasteiger partial charge in [0.05, 0.1) is 5.92 Å². The van der Waals surface area contributed by atoms with Crippen LogP contribution in [-0.4, -0.2) is 34.3 Å². The van der Waals surface area contributed by atoms with Crippen LogP contribution in [0.5, 0.6) is 0 Å². The number of carbonyl (C=O) groups is 3. The lowest BCUT2D eigenvalue weighted by Crippen LogP contribution is -2.51. The van der Waals surface area contributed by atoms with Crippen LogP contribution in [0.1, 0.15) is 12.8 Å². The molecule has 3 aliphatic rings. The monoisotopic (exact) mass is 300 g/mol. The summed E-state index contributed by atoms with van der Waals surface area (Å²) in [7, 11) is 0. The number of rotatable bonds is 4. The topological polar surface area (TPSA) is 101 Å². The number of carboxylic acids is 1. The van der Waals surface area contributed by atoms with E-state index >= 15 is 0 Å². The maximum Gasteiger partial charge on any atom is 0.303 e. The Morgan fingerprint density at radius 1 is 1.32 bits per heavy atom. The Bertz CT molecular complexity index is 684. The van der Waals surface area contributed by atoms with Crippen LogP contribution in [0.3, 0.4) is 0 Å². The van der Waals surface area contributed by atoms with Crippen molar-refractivity contribution in [3.63, 3.8) is 0 Å². The van der Waals surface area contributed by atoms with E-state index in [1.54, 1.807) is 24.3 Å². The molecule has 2 unspecified atom stereocenters. The molecule has 114 valence electrons. The van der Waals surface area contributed by atoms with Gasteiger partial charge in [0.25, 0.3) is 5.91 Å². The van der Waals surface area contributed by atoms with E-state index in [2.05, 4.69) is 0 Å². The average molecular weight is 300 g/mol. The molecule has 6 nitrogen and oxygen atoms in total. The van der Waals surface area contributed by atoms with Crippen LogP contribution >= 0.6 is 0 Å². The van der Waals surface area contributed by atoms with Gasteiger partial charge in [-0.1, -0.05) is 18.2 Å². The minimum Gasteiger partial charge on any atom is -0.481 e. The summed E-state index contributed by atoms with van der Waals surface area (Å²) in [6, 6.07) is 0. The Labute approximate surface area is 127 Å². The predicted molar refractivity (Wildman–Crippen MR) is 78.1 cm³/mol. The van der Waals surface area contributed by atoms with Gasteiger partial charge in [-0.3, -0.25) is 19.3 Å². The number of amides is 2. The van der Waals surface area contributed by atoms with Crippen molar-refractivity contribution in [3.8, 4) is 0 Å². The van der Waals surface area contributed by atoms with Crippen LogP contribution < -0.4 is 5.73 Å². The van der Waals surface area contributed by atoms with Gasteiger partial charge < -0.3 is 10.8 Å². The second-order valence-corrected chi connectivity index (χ2v) is 5.59. The first-order valence-corrected chi connectivity index (χ1v) is 7.13. The normalized spacial score (nSPS) is 26.2. The molecule has 1 fully saturated rings. The zero-order chi connectivity index (χ0) is 15.9. The third kappa shape index (κ3) is 2.26. The lowest BCUT2D eigenvalue weighted by molar-refractivity contribution is -0.149. The first kappa shape index (κ1) is 14.3. The van der Waals surface area contributed by atoms with Gasteiger partial charge in [-0.05, 0) is 24.1 Å². The average Bonchev–Trinajstić information content (AvgIpc) is 2.47. The highest BCUT2D eigenvalue weighted by molar-refractivity contribution is 6.10. The first-order valence-electron chi connectivity index (χ1n) is 7.13. The standard InChI is InChI=1S/C16H16N2O4/c17-10-7-9-3-1-4-11-14(9)12(8-10)16(22)18(15(11)21)6-2-5-13(19)20/h1,3-4,7-8,11,14H,2,5-6,17H2,(H,19,20). The molecule has 6 heteroatoms. The van der Waals surface area contributed by atoms with E-state index in [0.29, 0.717) is 11.3 Å². The number of hydrogen-bond acceptors (Lipinski definition) is 4. The summed E-state index contributed by atoms with van der Waals surface area (Å²) in [5.74, 6) is -2.27. The Hall–Kier alpha value is -2.63. The van der Waals surface area contributed by atoms with Crippen molar-refractivity contribution in [1.82, 2.24) is 4.90 Å². The zero-order valence-corrected chi connectivity index (χ0v) is 11.9. The van der Waals surface area contributed by atoms with E-state index in [4.69, 9.17) is 10.8 Å². The van der Waals surface area contributed by atoms with Crippen molar-refractivity contribution in [2.24, 2.45) is 17.6 Å². The third-order valence-corrected chi connectivity index (χ3v) is 4.13. The number of allylic oxidation sites excluding steroid dienone is 5. The molecule has 0 spiro atoms. The molecule has 0 bridgehead atoms. The van der Waals surface area contributed by atoms with Crippen LogP contribution in [0.25, 0.3) is 0 Å². The van der Waals surface area contributed by atoms with Gasteiger partial charge in [-0.25, -0.2) is 0 Å². The Balaban J connectivity index is 1.90. The van der Waals surface area contributed by atoms with E-state index in [-0.39, 0.29) is 37.1 Å². The summed E-state index contributed by atoms with van der Waals surface area (Å²) < 4.78 is 0. The number of aliphatic carboxylic acids is 1. The molecule has 22 heavy (non-hydrogen) atoms. The van der Waals surface area contributed by atoms with Crippen LogP contribution in [0.4, 0.5) is 0 Å². The number of carbonyl (C=O) groups excluding carboxylic acids is 2. The second-order valence-electron chi connectivity index (χ2n) is 5.59. The smallest absolute Gasteiger partial charge is 0.303 e. The van der Waals surface area contributed by atoms with Crippen LogP contribution in [0.2, 0.25) is 0 Å². The van der Waals surface area contributed by atoms with E-state index in [0.717, 1.165) is 10.5 Å². The lowest BCUT2D eigenvalue weighted by Gasteiger charge is -2.40. The molecule has 1 heterocycles. The number of hydrogen-bond donors (Lipinski definition) is 2. The number of nitrogens with zero attached hydrogens (tertiary/aromatic N) is 1. The summed E-state index contributed by atoms with van der Waals surface area (Å²) in [6.45, 7) is 0.112. The largest absolute Gasteiger partial charge is 0.481 e. The molecule has 0 aromatic carbocycles. The van der Waals surface area contributed by atoms with Gasteiger partial charge in [0.1, 0.15) is 0 Å². The summed E-state index contributed by atoms with van der Waals surface area (Å²) in [4.78, 5) is 36.9. The molecule has 1 saturated heterocycles. The fourth-order valence-corrected chi connectivity index (χ4v) is 3.18. The first-order chi connectivity index (χ1) is 10.5. The van der Waals surface area contributed by atoms with Crippen molar-refractivity contribution < 1.29 is 19.5 Å².